The van der Waals surface area contributed by atoms with Crippen LogP contribution in [0.1, 0.15) is 10.4 Å². The maximum Gasteiger partial charge on any atom is 0.250 e. The molecule has 0 aliphatic rings. The molecular formula is C15H16ClN3O2. The lowest BCUT2D eigenvalue weighted by molar-refractivity contribution is 0.100. The van der Waals surface area contributed by atoms with Gasteiger partial charge in [0.05, 0.1) is 5.56 Å². The number of nitrogens with one attached hydrogen (secondary N) is 1. The van der Waals surface area contributed by atoms with E-state index < -0.39 is 5.91 Å². The van der Waals surface area contributed by atoms with Gasteiger partial charge in [-0.05, 0) is 30.3 Å². The Bertz CT molecular complexity index is 647. The summed E-state index contributed by atoms with van der Waals surface area (Å²) in [7, 11) is 0. The number of carbonyl (C=O) groups excluding carboxylic acids is 1. The zero-order valence-electron chi connectivity index (χ0n) is 11.3. The molecule has 0 heterocycles. The van der Waals surface area contributed by atoms with Crippen LogP contribution in [-0.2, 0) is 0 Å². The largest absolute Gasteiger partial charge is 0.492 e. The van der Waals surface area contributed by atoms with E-state index in [0.29, 0.717) is 40.9 Å². The van der Waals surface area contributed by atoms with Gasteiger partial charge in [-0.25, -0.2) is 0 Å². The van der Waals surface area contributed by atoms with E-state index in [4.69, 9.17) is 27.8 Å². The van der Waals surface area contributed by atoms with Crippen molar-refractivity contribution >= 4 is 28.9 Å². The van der Waals surface area contributed by atoms with Gasteiger partial charge in [0.25, 0.3) is 5.91 Å². The van der Waals surface area contributed by atoms with Gasteiger partial charge in [0.15, 0.2) is 0 Å². The van der Waals surface area contributed by atoms with Gasteiger partial charge in [0.2, 0.25) is 0 Å². The van der Waals surface area contributed by atoms with E-state index in [1.165, 1.54) is 6.07 Å². The van der Waals surface area contributed by atoms with E-state index >= 15 is 0 Å². The highest BCUT2D eigenvalue weighted by Gasteiger charge is 2.08. The number of rotatable bonds is 6. The Labute approximate surface area is 127 Å². The summed E-state index contributed by atoms with van der Waals surface area (Å²) in [6.45, 7) is 0.932. The van der Waals surface area contributed by atoms with E-state index in [1.807, 2.05) is 12.1 Å². The number of nitrogen functional groups attached to an aromatic ring is 1. The van der Waals surface area contributed by atoms with Crippen molar-refractivity contribution in [1.29, 1.82) is 0 Å². The predicted molar refractivity (Wildman–Crippen MR) is 84.8 cm³/mol. The van der Waals surface area contributed by atoms with Crippen molar-refractivity contribution in [2.75, 3.05) is 24.2 Å². The average molecular weight is 306 g/mol. The van der Waals surface area contributed by atoms with Crippen LogP contribution in [0.4, 0.5) is 11.4 Å². The van der Waals surface area contributed by atoms with Crippen LogP contribution in [0.2, 0.25) is 5.02 Å². The minimum Gasteiger partial charge on any atom is -0.492 e. The molecule has 6 heteroatoms. The second-order valence-corrected chi connectivity index (χ2v) is 4.84. The fourth-order valence-electron chi connectivity index (χ4n) is 1.83. The van der Waals surface area contributed by atoms with Crippen LogP contribution >= 0.6 is 11.6 Å². The Morgan fingerprint density at radius 1 is 1.24 bits per heavy atom. The van der Waals surface area contributed by atoms with Crippen LogP contribution in [0.25, 0.3) is 0 Å². The number of ether oxygens (including phenoxy) is 1. The summed E-state index contributed by atoms with van der Waals surface area (Å²) in [6.07, 6.45) is 0. The molecule has 0 fully saturated rings. The smallest absolute Gasteiger partial charge is 0.250 e. The number of primary amides is 1. The lowest BCUT2D eigenvalue weighted by atomic mass is 10.1. The third-order valence-corrected chi connectivity index (χ3v) is 3.03. The summed E-state index contributed by atoms with van der Waals surface area (Å²) in [5, 5.41) is 3.55. The molecule has 2 rings (SSSR count). The van der Waals surface area contributed by atoms with Gasteiger partial charge in [-0.2, -0.15) is 0 Å². The quantitative estimate of drug-likeness (QED) is 0.565. The molecule has 1 amide bonds. The molecule has 5 nitrogen and oxygen atoms in total. The van der Waals surface area contributed by atoms with Crippen LogP contribution in [0.5, 0.6) is 5.75 Å². The molecule has 0 aliphatic heterocycles. The normalized spacial score (nSPS) is 10.1. The van der Waals surface area contributed by atoms with E-state index in [-0.39, 0.29) is 0 Å². The van der Waals surface area contributed by atoms with Crippen LogP contribution < -0.4 is 21.5 Å². The van der Waals surface area contributed by atoms with Crippen molar-refractivity contribution in [2.45, 2.75) is 0 Å². The second-order valence-electron chi connectivity index (χ2n) is 4.40. The minimum atomic E-state index is -0.531. The Morgan fingerprint density at radius 3 is 2.76 bits per heavy atom. The number of anilines is 2. The SMILES string of the molecule is NC(=O)c1cc(Cl)ccc1NCCOc1cccc(N)c1. The summed E-state index contributed by atoms with van der Waals surface area (Å²) in [4.78, 5) is 11.3. The molecule has 0 unspecified atom stereocenters. The maximum absolute atomic E-state index is 11.3. The minimum absolute atomic E-state index is 0.353. The van der Waals surface area contributed by atoms with Crippen molar-refractivity contribution < 1.29 is 9.53 Å². The predicted octanol–water partition coefficient (Wildman–Crippen LogP) is 2.51. The highest BCUT2D eigenvalue weighted by Crippen LogP contribution is 2.20. The molecule has 0 radical (unpaired) electrons. The van der Waals surface area contributed by atoms with Crippen LogP contribution in [0.15, 0.2) is 42.5 Å². The molecule has 110 valence electrons. The zero-order chi connectivity index (χ0) is 15.2. The third kappa shape index (κ3) is 4.29. The number of amides is 1. The van der Waals surface area contributed by atoms with Crippen molar-refractivity contribution in [1.82, 2.24) is 0 Å². The van der Waals surface area contributed by atoms with E-state index in [9.17, 15) is 4.79 Å². The van der Waals surface area contributed by atoms with Gasteiger partial charge in [-0.1, -0.05) is 17.7 Å². The Kier molecular flexibility index (Phi) is 4.90. The second kappa shape index (κ2) is 6.85. The van der Waals surface area contributed by atoms with Gasteiger partial charge >= 0.3 is 0 Å². The van der Waals surface area contributed by atoms with Crippen LogP contribution in [-0.4, -0.2) is 19.1 Å². The molecule has 0 spiro atoms. The maximum atomic E-state index is 11.3. The lowest BCUT2D eigenvalue weighted by Crippen LogP contribution is -2.17. The summed E-state index contributed by atoms with van der Waals surface area (Å²) >= 11 is 5.84. The molecule has 2 aromatic carbocycles. The molecule has 0 bridgehead atoms. The monoisotopic (exact) mass is 305 g/mol. The number of carbonyl (C=O) groups is 1. The number of nitrogens with two attached hydrogens (primary N) is 2. The van der Waals surface area contributed by atoms with E-state index in [1.54, 1.807) is 24.3 Å². The molecule has 0 saturated heterocycles. The molecule has 2 aromatic rings. The topological polar surface area (TPSA) is 90.4 Å². The standard InChI is InChI=1S/C15H16ClN3O2/c16-10-4-5-14(13(8-10)15(18)20)19-6-7-21-12-3-1-2-11(17)9-12/h1-5,8-9,19H,6-7,17H2,(H2,18,20). The number of halogens is 1. The number of hydrogen-bond acceptors (Lipinski definition) is 4. The first-order valence-corrected chi connectivity index (χ1v) is 6.75. The summed E-state index contributed by atoms with van der Waals surface area (Å²) in [5.74, 6) is 0.166. The molecule has 21 heavy (non-hydrogen) atoms. The third-order valence-electron chi connectivity index (χ3n) is 2.79. The first kappa shape index (κ1) is 15.0. The fraction of sp³-hybridized carbons (Fsp3) is 0.133. The molecule has 0 aromatic heterocycles. The number of benzene rings is 2. The van der Waals surface area contributed by atoms with Gasteiger partial charge in [-0.15, -0.1) is 0 Å². The highest BCUT2D eigenvalue weighted by molar-refractivity contribution is 6.31. The summed E-state index contributed by atoms with van der Waals surface area (Å²) in [6, 6.07) is 12.1. The Hall–Kier alpha value is -2.40. The van der Waals surface area contributed by atoms with Gasteiger partial charge in [0.1, 0.15) is 12.4 Å². The summed E-state index contributed by atoms with van der Waals surface area (Å²) in [5.41, 5.74) is 12.6. The molecule has 0 atom stereocenters. The van der Waals surface area contributed by atoms with Crippen molar-refractivity contribution in [3.05, 3.63) is 53.1 Å². The molecule has 5 N–H and O–H groups in total. The lowest BCUT2D eigenvalue weighted by Gasteiger charge is -2.11. The van der Waals surface area contributed by atoms with Crippen LogP contribution in [0, 0.1) is 0 Å². The number of hydrogen-bond donors (Lipinski definition) is 3. The van der Waals surface area contributed by atoms with E-state index in [2.05, 4.69) is 5.32 Å². The van der Waals surface area contributed by atoms with Gasteiger partial charge in [0, 0.05) is 29.0 Å². The molecule has 0 saturated carbocycles. The van der Waals surface area contributed by atoms with Crippen LogP contribution in [0.3, 0.4) is 0 Å². The first-order valence-electron chi connectivity index (χ1n) is 6.38. The van der Waals surface area contributed by atoms with Crippen molar-refractivity contribution in [3.63, 3.8) is 0 Å². The van der Waals surface area contributed by atoms with E-state index in [0.717, 1.165) is 0 Å². The molecular weight excluding hydrogens is 290 g/mol. The highest BCUT2D eigenvalue weighted by atomic mass is 35.5. The van der Waals surface area contributed by atoms with Gasteiger partial charge < -0.3 is 21.5 Å². The Morgan fingerprint density at radius 2 is 2.05 bits per heavy atom. The van der Waals surface area contributed by atoms with Gasteiger partial charge in [-0.3, -0.25) is 4.79 Å². The molecule has 0 aliphatic carbocycles. The van der Waals surface area contributed by atoms with Crippen molar-refractivity contribution in [2.24, 2.45) is 5.73 Å². The summed E-state index contributed by atoms with van der Waals surface area (Å²) < 4.78 is 5.55. The van der Waals surface area contributed by atoms with Crippen molar-refractivity contribution in [3.8, 4) is 5.75 Å². The first-order chi connectivity index (χ1) is 10.1. The Balaban J connectivity index is 1.90. The average Bonchev–Trinajstić information content (AvgIpc) is 2.44. The zero-order valence-corrected chi connectivity index (χ0v) is 12.1. The fourth-order valence-corrected chi connectivity index (χ4v) is 2.01.